The molecule has 0 bridgehead atoms. The molecule has 0 saturated heterocycles. The Labute approximate surface area is 121 Å². The van der Waals surface area contributed by atoms with Gasteiger partial charge in [-0.1, -0.05) is 36.4 Å². The molecule has 2 aromatic carbocycles. The lowest BCUT2D eigenvalue weighted by atomic mass is 10.0. The summed E-state index contributed by atoms with van der Waals surface area (Å²) in [5.41, 5.74) is 0.991. The Morgan fingerprint density at radius 1 is 1.10 bits per heavy atom. The Hall–Kier alpha value is -2.69. The first-order chi connectivity index (χ1) is 10.1. The number of non-ortho nitro benzene ring substituents is 1. The molecule has 1 fully saturated rings. The molecule has 0 atom stereocenters. The van der Waals surface area contributed by atoms with E-state index in [2.05, 4.69) is 5.32 Å². The minimum Gasteiger partial charge on any atom is -0.343 e. The van der Waals surface area contributed by atoms with Gasteiger partial charge in [-0.2, -0.15) is 0 Å². The maximum absolute atomic E-state index is 12.3. The number of carbonyl (C=O) groups is 1. The second kappa shape index (κ2) is 5.01. The molecule has 2 aromatic rings. The Morgan fingerprint density at radius 2 is 1.81 bits per heavy atom. The van der Waals surface area contributed by atoms with Crippen LogP contribution >= 0.6 is 0 Å². The highest BCUT2D eigenvalue weighted by Crippen LogP contribution is 2.45. The lowest BCUT2D eigenvalue weighted by Crippen LogP contribution is -2.34. The van der Waals surface area contributed by atoms with E-state index in [1.54, 1.807) is 6.07 Å². The minimum absolute atomic E-state index is 0.0767. The molecular weight excluding hydrogens is 268 g/mol. The summed E-state index contributed by atoms with van der Waals surface area (Å²) in [5.74, 6) is -0.278. The topological polar surface area (TPSA) is 72.2 Å². The lowest BCUT2D eigenvalue weighted by molar-refractivity contribution is -0.384. The van der Waals surface area contributed by atoms with Crippen molar-refractivity contribution >= 4 is 11.6 Å². The Balaban J connectivity index is 1.81. The van der Waals surface area contributed by atoms with Crippen molar-refractivity contribution in [1.82, 2.24) is 5.32 Å². The molecule has 1 saturated carbocycles. The van der Waals surface area contributed by atoms with Gasteiger partial charge in [0.2, 0.25) is 0 Å². The Kier molecular flexibility index (Phi) is 3.17. The Morgan fingerprint density at radius 3 is 2.43 bits per heavy atom. The van der Waals surface area contributed by atoms with E-state index in [0.29, 0.717) is 5.56 Å². The van der Waals surface area contributed by atoms with Gasteiger partial charge < -0.3 is 5.32 Å². The van der Waals surface area contributed by atoms with Crippen molar-refractivity contribution in [3.05, 3.63) is 75.8 Å². The molecule has 5 nitrogen and oxygen atoms in total. The summed E-state index contributed by atoms with van der Waals surface area (Å²) in [4.78, 5) is 22.6. The number of hydrogen-bond acceptors (Lipinski definition) is 3. The largest absolute Gasteiger partial charge is 0.343 e. The number of carbonyl (C=O) groups excluding carboxylic acids is 1. The van der Waals surface area contributed by atoms with Crippen LogP contribution in [0, 0.1) is 10.1 Å². The number of rotatable bonds is 4. The van der Waals surface area contributed by atoms with Gasteiger partial charge in [0.05, 0.1) is 10.5 Å². The second-order valence-electron chi connectivity index (χ2n) is 5.21. The molecule has 1 aliphatic rings. The number of amides is 1. The number of nitrogens with zero attached hydrogens (tertiary/aromatic N) is 1. The van der Waals surface area contributed by atoms with E-state index in [1.165, 1.54) is 18.2 Å². The second-order valence-corrected chi connectivity index (χ2v) is 5.21. The van der Waals surface area contributed by atoms with Crippen LogP contribution in [0.4, 0.5) is 5.69 Å². The summed E-state index contributed by atoms with van der Waals surface area (Å²) >= 11 is 0. The van der Waals surface area contributed by atoms with Gasteiger partial charge in [0, 0.05) is 17.7 Å². The summed E-state index contributed by atoms with van der Waals surface area (Å²) in [6.07, 6.45) is 1.77. The van der Waals surface area contributed by atoms with Crippen LogP contribution in [0.5, 0.6) is 0 Å². The average Bonchev–Trinajstić information content (AvgIpc) is 3.29. The van der Waals surface area contributed by atoms with E-state index in [-0.39, 0.29) is 17.1 Å². The van der Waals surface area contributed by atoms with Gasteiger partial charge in [0.25, 0.3) is 11.6 Å². The molecule has 21 heavy (non-hydrogen) atoms. The smallest absolute Gasteiger partial charge is 0.270 e. The standard InChI is InChI=1S/C16H14N2O3/c19-15(12-5-4-8-14(11-12)18(20)21)17-16(9-10-16)13-6-2-1-3-7-13/h1-8,11H,9-10H2,(H,17,19). The maximum atomic E-state index is 12.3. The van der Waals surface area contributed by atoms with Crippen LogP contribution in [0.3, 0.4) is 0 Å². The SMILES string of the molecule is O=C(NC1(c2ccccc2)CC1)c1cccc([N+](=O)[O-])c1. The molecular formula is C16H14N2O3. The molecule has 0 aromatic heterocycles. The predicted molar refractivity (Wildman–Crippen MR) is 77.9 cm³/mol. The molecule has 106 valence electrons. The molecule has 1 amide bonds. The fourth-order valence-corrected chi connectivity index (χ4v) is 2.42. The number of benzene rings is 2. The van der Waals surface area contributed by atoms with Crippen LogP contribution < -0.4 is 5.32 Å². The fraction of sp³-hybridized carbons (Fsp3) is 0.188. The van der Waals surface area contributed by atoms with E-state index < -0.39 is 4.92 Å². The zero-order valence-corrected chi connectivity index (χ0v) is 11.3. The van der Waals surface area contributed by atoms with Crippen molar-refractivity contribution in [3.8, 4) is 0 Å². The van der Waals surface area contributed by atoms with E-state index in [9.17, 15) is 14.9 Å². The van der Waals surface area contributed by atoms with Crippen molar-refractivity contribution < 1.29 is 9.72 Å². The van der Waals surface area contributed by atoms with Crippen LogP contribution in [0.15, 0.2) is 54.6 Å². The molecule has 5 heteroatoms. The summed E-state index contributed by atoms with van der Waals surface area (Å²) in [6, 6.07) is 15.6. The molecule has 1 aliphatic carbocycles. The maximum Gasteiger partial charge on any atom is 0.270 e. The first-order valence-corrected chi connectivity index (χ1v) is 6.73. The first-order valence-electron chi connectivity index (χ1n) is 6.73. The van der Waals surface area contributed by atoms with Crippen molar-refractivity contribution in [3.63, 3.8) is 0 Å². The first kappa shape index (κ1) is 13.3. The van der Waals surface area contributed by atoms with Crippen LogP contribution in [0.2, 0.25) is 0 Å². The van der Waals surface area contributed by atoms with Gasteiger partial charge in [-0.25, -0.2) is 0 Å². The molecule has 0 radical (unpaired) electrons. The number of nitrogens with one attached hydrogen (secondary N) is 1. The van der Waals surface area contributed by atoms with Crippen LogP contribution in [0.25, 0.3) is 0 Å². The van der Waals surface area contributed by atoms with Gasteiger partial charge in [-0.15, -0.1) is 0 Å². The van der Waals surface area contributed by atoms with Crippen LogP contribution in [-0.4, -0.2) is 10.8 Å². The van der Waals surface area contributed by atoms with Gasteiger partial charge in [0.15, 0.2) is 0 Å². The molecule has 0 aliphatic heterocycles. The highest BCUT2D eigenvalue weighted by Gasteiger charge is 2.45. The molecule has 1 N–H and O–H groups in total. The molecule has 0 heterocycles. The monoisotopic (exact) mass is 282 g/mol. The van der Waals surface area contributed by atoms with E-state index in [1.807, 2.05) is 30.3 Å². The summed E-state index contributed by atoms with van der Waals surface area (Å²) in [5, 5.41) is 13.8. The number of nitro groups is 1. The van der Waals surface area contributed by atoms with Gasteiger partial charge >= 0.3 is 0 Å². The normalized spacial score (nSPS) is 15.2. The molecule has 0 unspecified atom stereocenters. The van der Waals surface area contributed by atoms with Gasteiger partial charge in [0.1, 0.15) is 0 Å². The highest BCUT2D eigenvalue weighted by molar-refractivity contribution is 5.95. The predicted octanol–water partition coefficient (Wildman–Crippen LogP) is 3.01. The fourth-order valence-electron chi connectivity index (χ4n) is 2.42. The van der Waals surface area contributed by atoms with Crippen LogP contribution in [-0.2, 0) is 5.54 Å². The summed E-state index contributed by atoms with van der Waals surface area (Å²) < 4.78 is 0. The van der Waals surface area contributed by atoms with Crippen LogP contribution in [0.1, 0.15) is 28.8 Å². The average molecular weight is 282 g/mol. The van der Waals surface area contributed by atoms with E-state index in [4.69, 9.17) is 0 Å². The van der Waals surface area contributed by atoms with Crippen molar-refractivity contribution in [2.45, 2.75) is 18.4 Å². The number of nitro benzene ring substituents is 1. The summed E-state index contributed by atoms with van der Waals surface area (Å²) in [6.45, 7) is 0. The van der Waals surface area contributed by atoms with Gasteiger partial charge in [-0.05, 0) is 24.5 Å². The third-order valence-electron chi connectivity index (χ3n) is 3.75. The zero-order valence-electron chi connectivity index (χ0n) is 11.3. The lowest BCUT2D eigenvalue weighted by Gasteiger charge is -2.17. The quantitative estimate of drug-likeness (QED) is 0.692. The van der Waals surface area contributed by atoms with Crippen molar-refractivity contribution in [2.24, 2.45) is 0 Å². The molecule has 3 rings (SSSR count). The molecule has 0 spiro atoms. The highest BCUT2D eigenvalue weighted by atomic mass is 16.6. The van der Waals surface area contributed by atoms with E-state index >= 15 is 0 Å². The third-order valence-corrected chi connectivity index (χ3v) is 3.75. The third kappa shape index (κ3) is 2.63. The van der Waals surface area contributed by atoms with Gasteiger partial charge in [-0.3, -0.25) is 14.9 Å². The van der Waals surface area contributed by atoms with E-state index in [0.717, 1.165) is 18.4 Å². The minimum atomic E-state index is -0.499. The number of hydrogen-bond donors (Lipinski definition) is 1. The Bertz CT molecular complexity index is 694. The van der Waals surface area contributed by atoms with Crippen molar-refractivity contribution in [1.29, 1.82) is 0 Å². The van der Waals surface area contributed by atoms with Crippen molar-refractivity contribution in [2.75, 3.05) is 0 Å². The zero-order chi connectivity index (χ0) is 14.9. The summed E-state index contributed by atoms with van der Waals surface area (Å²) in [7, 11) is 0.